The van der Waals surface area contributed by atoms with E-state index < -0.39 is 0 Å². The first-order chi connectivity index (χ1) is 11.6. The van der Waals surface area contributed by atoms with E-state index in [0.717, 1.165) is 5.56 Å². The number of ether oxygens (including phenoxy) is 1. The van der Waals surface area contributed by atoms with Crippen LogP contribution in [0.4, 0.5) is 5.69 Å². The van der Waals surface area contributed by atoms with E-state index >= 15 is 0 Å². The molecule has 0 unspecified atom stereocenters. The third-order valence-electron chi connectivity index (χ3n) is 3.77. The molecule has 0 atom stereocenters. The number of carbonyl (C=O) groups is 2. The van der Waals surface area contributed by atoms with E-state index in [1.807, 2.05) is 36.4 Å². The van der Waals surface area contributed by atoms with Crippen LogP contribution in [-0.4, -0.2) is 25.0 Å². The summed E-state index contributed by atoms with van der Waals surface area (Å²) >= 11 is 5.83. The monoisotopic (exact) mass is 344 g/mol. The van der Waals surface area contributed by atoms with Gasteiger partial charge in [0.05, 0.1) is 5.69 Å². The maximum atomic E-state index is 12.0. The molecule has 1 aliphatic heterocycles. The topological polar surface area (TPSA) is 58.6 Å². The Balaban J connectivity index is 1.54. The lowest BCUT2D eigenvalue weighted by Crippen LogP contribution is -2.41. The molecule has 0 spiro atoms. The lowest BCUT2D eigenvalue weighted by atomic mass is 10.2. The van der Waals surface area contributed by atoms with Gasteiger partial charge in [0.2, 0.25) is 5.91 Å². The Hall–Kier alpha value is -2.53. The first-order valence-electron chi connectivity index (χ1n) is 7.67. The van der Waals surface area contributed by atoms with Crippen molar-refractivity contribution in [1.82, 2.24) is 5.32 Å². The highest BCUT2D eigenvalue weighted by atomic mass is 35.5. The number of fused-ring (bicyclic) bond motifs is 1. The second-order valence-corrected chi connectivity index (χ2v) is 5.89. The van der Waals surface area contributed by atoms with Crippen molar-refractivity contribution in [3.63, 3.8) is 0 Å². The number of benzene rings is 2. The summed E-state index contributed by atoms with van der Waals surface area (Å²) in [6.45, 7) is 0.763. The van der Waals surface area contributed by atoms with E-state index in [2.05, 4.69) is 5.32 Å². The fraction of sp³-hybridized carbons (Fsp3) is 0.222. The summed E-state index contributed by atoms with van der Waals surface area (Å²) in [5, 5.41) is 3.51. The van der Waals surface area contributed by atoms with Crippen LogP contribution in [0.2, 0.25) is 5.02 Å². The normalized spacial score (nSPS) is 13.2. The van der Waals surface area contributed by atoms with Gasteiger partial charge in [-0.1, -0.05) is 35.9 Å². The van der Waals surface area contributed by atoms with Crippen LogP contribution in [0.5, 0.6) is 5.75 Å². The van der Waals surface area contributed by atoms with Gasteiger partial charge in [-0.3, -0.25) is 9.59 Å². The molecular weight excluding hydrogens is 328 g/mol. The maximum absolute atomic E-state index is 12.0. The molecule has 0 aliphatic carbocycles. The van der Waals surface area contributed by atoms with Gasteiger partial charge in [0, 0.05) is 24.5 Å². The molecule has 3 rings (SSSR count). The summed E-state index contributed by atoms with van der Waals surface area (Å²) in [5.74, 6) is 0.416. The van der Waals surface area contributed by atoms with Gasteiger partial charge < -0.3 is 15.0 Å². The Morgan fingerprint density at radius 1 is 1.17 bits per heavy atom. The Labute approximate surface area is 145 Å². The molecule has 0 saturated heterocycles. The number of halogens is 1. The average Bonchev–Trinajstić information content (AvgIpc) is 2.60. The second kappa shape index (κ2) is 7.36. The van der Waals surface area contributed by atoms with Crippen molar-refractivity contribution in [2.24, 2.45) is 0 Å². The molecule has 24 heavy (non-hydrogen) atoms. The molecule has 124 valence electrons. The number of amides is 2. The third kappa shape index (κ3) is 3.86. The summed E-state index contributed by atoms with van der Waals surface area (Å²) in [5.41, 5.74) is 1.68. The summed E-state index contributed by atoms with van der Waals surface area (Å²) < 4.78 is 5.39. The van der Waals surface area contributed by atoms with Gasteiger partial charge in [0.1, 0.15) is 5.75 Å². The standard InChI is InChI=1S/C18H17ClN2O3/c19-14-7-5-13(6-8-14)11-20-17(22)9-10-21-15-3-1-2-4-16(15)24-12-18(21)23/h1-8H,9-12H2,(H,20,22). The van der Waals surface area contributed by atoms with Crippen molar-refractivity contribution in [2.75, 3.05) is 18.1 Å². The Bertz CT molecular complexity index is 746. The van der Waals surface area contributed by atoms with E-state index in [1.165, 1.54) is 0 Å². The van der Waals surface area contributed by atoms with Gasteiger partial charge in [-0.2, -0.15) is 0 Å². The van der Waals surface area contributed by atoms with Crippen LogP contribution in [-0.2, 0) is 16.1 Å². The Morgan fingerprint density at radius 2 is 1.92 bits per heavy atom. The van der Waals surface area contributed by atoms with Gasteiger partial charge in [-0.05, 0) is 29.8 Å². The molecule has 1 aliphatic rings. The van der Waals surface area contributed by atoms with Gasteiger partial charge in [-0.25, -0.2) is 0 Å². The molecule has 2 aromatic rings. The Morgan fingerprint density at radius 3 is 2.71 bits per heavy atom. The molecule has 0 aromatic heterocycles. The number of anilines is 1. The largest absolute Gasteiger partial charge is 0.482 e. The predicted molar refractivity (Wildman–Crippen MR) is 92.2 cm³/mol. The quantitative estimate of drug-likeness (QED) is 0.907. The summed E-state index contributed by atoms with van der Waals surface area (Å²) in [7, 11) is 0. The maximum Gasteiger partial charge on any atom is 0.265 e. The predicted octanol–water partition coefficient (Wildman–Crippen LogP) is 2.77. The third-order valence-corrected chi connectivity index (χ3v) is 4.03. The fourth-order valence-electron chi connectivity index (χ4n) is 2.50. The minimum absolute atomic E-state index is 0.00338. The highest BCUT2D eigenvalue weighted by Crippen LogP contribution is 2.31. The smallest absolute Gasteiger partial charge is 0.265 e. The first-order valence-corrected chi connectivity index (χ1v) is 8.04. The van der Waals surface area contributed by atoms with E-state index in [9.17, 15) is 9.59 Å². The van der Waals surface area contributed by atoms with E-state index in [1.54, 1.807) is 17.0 Å². The molecule has 2 aromatic carbocycles. The van der Waals surface area contributed by atoms with Gasteiger partial charge in [0.15, 0.2) is 6.61 Å². The van der Waals surface area contributed by atoms with E-state index in [4.69, 9.17) is 16.3 Å². The van der Waals surface area contributed by atoms with Crippen molar-refractivity contribution in [3.05, 3.63) is 59.1 Å². The van der Waals surface area contributed by atoms with Crippen molar-refractivity contribution in [1.29, 1.82) is 0 Å². The van der Waals surface area contributed by atoms with Crippen molar-refractivity contribution in [3.8, 4) is 5.75 Å². The number of para-hydroxylation sites is 2. The molecule has 6 heteroatoms. The van der Waals surface area contributed by atoms with Crippen LogP contribution >= 0.6 is 11.6 Å². The molecule has 0 saturated carbocycles. The van der Waals surface area contributed by atoms with Crippen molar-refractivity contribution in [2.45, 2.75) is 13.0 Å². The minimum Gasteiger partial charge on any atom is -0.482 e. The van der Waals surface area contributed by atoms with E-state index in [-0.39, 0.29) is 24.8 Å². The van der Waals surface area contributed by atoms with Crippen molar-refractivity contribution >= 4 is 29.1 Å². The van der Waals surface area contributed by atoms with Crippen LogP contribution < -0.4 is 15.0 Å². The number of hydrogen-bond donors (Lipinski definition) is 1. The van der Waals surface area contributed by atoms with Crippen LogP contribution in [0.15, 0.2) is 48.5 Å². The number of hydrogen-bond acceptors (Lipinski definition) is 3. The zero-order valence-electron chi connectivity index (χ0n) is 13.0. The number of carbonyl (C=O) groups excluding carboxylic acids is 2. The van der Waals surface area contributed by atoms with Gasteiger partial charge in [0.25, 0.3) is 5.91 Å². The number of rotatable bonds is 5. The molecule has 0 bridgehead atoms. The summed E-state index contributed by atoms with van der Waals surface area (Å²) in [4.78, 5) is 25.7. The van der Waals surface area contributed by atoms with Crippen LogP contribution in [0.3, 0.4) is 0 Å². The zero-order valence-corrected chi connectivity index (χ0v) is 13.8. The highest BCUT2D eigenvalue weighted by Gasteiger charge is 2.25. The molecule has 2 amide bonds. The SMILES string of the molecule is O=C(CCN1C(=O)COc2ccccc21)NCc1ccc(Cl)cc1. The molecule has 1 N–H and O–H groups in total. The molecular formula is C18H17ClN2O3. The fourth-order valence-corrected chi connectivity index (χ4v) is 2.63. The summed E-state index contributed by atoms with van der Waals surface area (Å²) in [6, 6.07) is 14.6. The molecule has 0 radical (unpaired) electrons. The molecule has 5 nitrogen and oxygen atoms in total. The molecule has 1 heterocycles. The van der Waals surface area contributed by atoms with Crippen LogP contribution in [0, 0.1) is 0 Å². The van der Waals surface area contributed by atoms with Crippen LogP contribution in [0.1, 0.15) is 12.0 Å². The minimum atomic E-state index is -0.140. The number of nitrogens with zero attached hydrogens (tertiary/aromatic N) is 1. The van der Waals surface area contributed by atoms with Crippen molar-refractivity contribution < 1.29 is 14.3 Å². The Kier molecular flexibility index (Phi) is 5.01. The summed E-state index contributed by atoms with van der Waals surface area (Å²) in [6.07, 6.45) is 0.230. The lowest BCUT2D eigenvalue weighted by molar-refractivity contribution is -0.122. The van der Waals surface area contributed by atoms with Gasteiger partial charge in [-0.15, -0.1) is 0 Å². The lowest BCUT2D eigenvalue weighted by Gasteiger charge is -2.29. The number of nitrogens with one attached hydrogen (secondary N) is 1. The van der Waals surface area contributed by atoms with E-state index in [0.29, 0.717) is 29.5 Å². The highest BCUT2D eigenvalue weighted by molar-refractivity contribution is 6.30. The average molecular weight is 345 g/mol. The second-order valence-electron chi connectivity index (χ2n) is 5.45. The first kappa shape index (κ1) is 16.3. The molecule has 0 fully saturated rings. The van der Waals surface area contributed by atoms with Crippen LogP contribution in [0.25, 0.3) is 0 Å². The van der Waals surface area contributed by atoms with Gasteiger partial charge >= 0.3 is 0 Å². The zero-order chi connectivity index (χ0) is 16.9.